The number of carbonyl (C=O) groups excluding carboxylic acids is 1. The summed E-state index contributed by atoms with van der Waals surface area (Å²) >= 11 is 0. The minimum absolute atomic E-state index is 0.0494. The molecule has 0 atom stereocenters. The van der Waals surface area contributed by atoms with Crippen molar-refractivity contribution in [1.29, 1.82) is 5.26 Å². The van der Waals surface area contributed by atoms with Crippen LogP contribution < -0.4 is 10.9 Å². The number of alkyl halides is 3. The number of halogens is 3. The molecule has 2 aromatic heterocycles. The molecule has 1 amide bonds. The van der Waals surface area contributed by atoms with Crippen molar-refractivity contribution >= 4 is 5.91 Å². The Hall–Kier alpha value is -4.59. The molecule has 0 aliphatic heterocycles. The third-order valence-corrected chi connectivity index (χ3v) is 5.46. The molecule has 36 heavy (non-hydrogen) atoms. The third-order valence-electron chi connectivity index (χ3n) is 5.46. The fraction of sp³-hybridized carbons (Fsp3) is 0.200. The summed E-state index contributed by atoms with van der Waals surface area (Å²) in [5.74, 6) is -0.668. The molecule has 2 heterocycles. The highest BCUT2D eigenvalue weighted by molar-refractivity contribution is 6.00. The molecule has 0 aliphatic carbocycles. The summed E-state index contributed by atoms with van der Waals surface area (Å²) in [4.78, 5) is 26.7. The lowest BCUT2D eigenvalue weighted by atomic mass is 10.1. The summed E-state index contributed by atoms with van der Waals surface area (Å²) in [6.45, 7) is 3.46. The summed E-state index contributed by atoms with van der Waals surface area (Å²) in [6, 6.07) is 14.2. The Labute approximate surface area is 203 Å². The second-order valence-electron chi connectivity index (χ2n) is 8.33. The van der Waals surface area contributed by atoms with Gasteiger partial charge in [-0.1, -0.05) is 6.07 Å². The molecule has 0 radical (unpaired) electrons. The van der Waals surface area contributed by atoms with Gasteiger partial charge in [0.15, 0.2) is 0 Å². The fourth-order valence-corrected chi connectivity index (χ4v) is 3.91. The van der Waals surface area contributed by atoms with Crippen LogP contribution in [0.3, 0.4) is 0 Å². The van der Waals surface area contributed by atoms with E-state index in [0.717, 1.165) is 16.8 Å². The van der Waals surface area contributed by atoms with Crippen molar-refractivity contribution in [2.45, 2.75) is 26.1 Å². The third kappa shape index (κ3) is 4.40. The van der Waals surface area contributed by atoms with Crippen LogP contribution >= 0.6 is 0 Å². The number of rotatable bonds is 5. The number of nitrogens with one attached hydrogen (secondary N) is 1. The van der Waals surface area contributed by atoms with Crippen LogP contribution in [-0.2, 0) is 13.2 Å². The van der Waals surface area contributed by atoms with E-state index >= 15 is 0 Å². The van der Waals surface area contributed by atoms with Crippen LogP contribution in [0.5, 0.6) is 0 Å². The minimum Gasteiger partial charge on any atom is -0.350 e. The van der Waals surface area contributed by atoms with Crippen molar-refractivity contribution in [2.24, 2.45) is 7.05 Å². The number of hydrogen-bond donors (Lipinski definition) is 1. The van der Waals surface area contributed by atoms with E-state index in [1.54, 1.807) is 44.2 Å². The molecule has 11 heteroatoms. The number of aromatic nitrogens is 4. The van der Waals surface area contributed by atoms with E-state index in [9.17, 15) is 22.8 Å². The number of benzene rings is 2. The van der Waals surface area contributed by atoms with Crippen LogP contribution in [0.4, 0.5) is 13.2 Å². The number of nitriles is 1. The highest BCUT2D eigenvalue weighted by atomic mass is 19.4. The first kappa shape index (κ1) is 24.5. The zero-order valence-electron chi connectivity index (χ0n) is 19.5. The van der Waals surface area contributed by atoms with E-state index in [0.29, 0.717) is 16.9 Å². The van der Waals surface area contributed by atoms with Gasteiger partial charge in [0.05, 0.1) is 40.5 Å². The molecule has 2 aromatic carbocycles. The summed E-state index contributed by atoms with van der Waals surface area (Å²) in [6.07, 6.45) is -3.14. The average molecular weight is 494 g/mol. The van der Waals surface area contributed by atoms with Crippen LogP contribution in [0.25, 0.3) is 22.8 Å². The fourth-order valence-electron chi connectivity index (χ4n) is 3.91. The lowest BCUT2D eigenvalue weighted by molar-refractivity contribution is -0.137. The molecule has 0 aliphatic rings. The van der Waals surface area contributed by atoms with Gasteiger partial charge in [-0.3, -0.25) is 14.3 Å². The number of hydrogen-bond acceptors (Lipinski definition) is 4. The summed E-state index contributed by atoms with van der Waals surface area (Å²) in [5, 5.41) is 16.1. The summed E-state index contributed by atoms with van der Waals surface area (Å²) in [7, 11) is 1.49. The Kier molecular flexibility index (Phi) is 6.28. The predicted molar refractivity (Wildman–Crippen MR) is 126 cm³/mol. The van der Waals surface area contributed by atoms with Crippen LogP contribution in [0.15, 0.2) is 65.6 Å². The molecular weight excluding hydrogens is 473 g/mol. The van der Waals surface area contributed by atoms with Gasteiger partial charge in [-0.25, -0.2) is 9.36 Å². The van der Waals surface area contributed by atoms with Crippen LogP contribution in [0.2, 0.25) is 0 Å². The van der Waals surface area contributed by atoms with Gasteiger partial charge >= 0.3 is 6.18 Å². The molecule has 0 fully saturated rings. The maximum Gasteiger partial charge on any atom is 0.416 e. The minimum atomic E-state index is -4.61. The maximum atomic E-state index is 13.6. The van der Waals surface area contributed by atoms with Gasteiger partial charge in [-0.2, -0.15) is 23.5 Å². The zero-order valence-corrected chi connectivity index (χ0v) is 19.5. The van der Waals surface area contributed by atoms with Crippen molar-refractivity contribution < 1.29 is 18.0 Å². The highest BCUT2D eigenvalue weighted by Crippen LogP contribution is 2.31. The van der Waals surface area contributed by atoms with Crippen molar-refractivity contribution in [1.82, 2.24) is 24.5 Å². The molecule has 184 valence electrons. The van der Waals surface area contributed by atoms with Gasteiger partial charge in [0, 0.05) is 13.1 Å². The Morgan fingerprint density at radius 3 is 2.39 bits per heavy atom. The van der Waals surface area contributed by atoms with Crippen LogP contribution in [-0.4, -0.2) is 31.1 Å². The molecule has 1 N–H and O–H groups in total. The summed E-state index contributed by atoms with van der Waals surface area (Å²) in [5.41, 5.74) is -0.471. The lowest BCUT2D eigenvalue weighted by Crippen LogP contribution is -2.34. The van der Waals surface area contributed by atoms with Crippen molar-refractivity contribution in [3.8, 4) is 28.8 Å². The second-order valence-corrected chi connectivity index (χ2v) is 8.33. The van der Waals surface area contributed by atoms with Gasteiger partial charge in [-0.15, -0.1) is 0 Å². The molecule has 0 bridgehead atoms. The average Bonchev–Trinajstić information content (AvgIpc) is 3.40. The summed E-state index contributed by atoms with van der Waals surface area (Å²) < 4.78 is 44.0. The predicted octanol–water partition coefficient (Wildman–Crippen LogP) is 4.06. The Balaban J connectivity index is 1.98. The molecule has 0 unspecified atom stereocenters. The zero-order chi connectivity index (χ0) is 26.2. The molecule has 0 spiro atoms. The standard InChI is InChI=1S/C25H21F3N6O2/c1-15(2)31-23(35)21-22(20-11-12-30-33(20)18-9-7-16(14-29)8-10-18)32(3)34(24(21)36)19-6-4-5-17(13-19)25(26,27)28/h4-13,15H,1-3H3,(H,31,35). The molecule has 0 saturated carbocycles. The molecule has 4 aromatic rings. The van der Waals surface area contributed by atoms with Crippen LogP contribution in [0, 0.1) is 11.3 Å². The van der Waals surface area contributed by atoms with Crippen molar-refractivity contribution in [3.63, 3.8) is 0 Å². The first-order valence-corrected chi connectivity index (χ1v) is 10.9. The molecular formula is C25H21F3N6O2. The smallest absolute Gasteiger partial charge is 0.350 e. The molecule has 0 saturated heterocycles. The second kappa shape index (κ2) is 9.22. The van der Waals surface area contributed by atoms with E-state index in [4.69, 9.17) is 5.26 Å². The van der Waals surface area contributed by atoms with Gasteiger partial charge in [0.25, 0.3) is 11.5 Å². The Bertz CT molecular complexity index is 1540. The SMILES string of the molecule is CC(C)NC(=O)c1c(-c2ccnn2-c2ccc(C#N)cc2)n(C)n(-c2cccc(C(F)(F)F)c2)c1=O. The van der Waals surface area contributed by atoms with E-state index in [2.05, 4.69) is 10.4 Å². The van der Waals surface area contributed by atoms with Crippen molar-refractivity contribution in [2.75, 3.05) is 0 Å². The number of carbonyl (C=O) groups is 1. The largest absolute Gasteiger partial charge is 0.416 e. The van der Waals surface area contributed by atoms with Gasteiger partial charge < -0.3 is 5.32 Å². The number of amides is 1. The molecule has 8 nitrogen and oxygen atoms in total. The first-order chi connectivity index (χ1) is 17.0. The van der Waals surface area contributed by atoms with Gasteiger partial charge in [0.2, 0.25) is 0 Å². The quantitative estimate of drug-likeness (QED) is 0.453. The van der Waals surface area contributed by atoms with E-state index in [1.165, 1.54) is 34.7 Å². The maximum absolute atomic E-state index is 13.6. The van der Waals surface area contributed by atoms with Crippen molar-refractivity contribution in [3.05, 3.63) is 87.8 Å². The normalized spacial score (nSPS) is 11.5. The van der Waals surface area contributed by atoms with E-state index < -0.39 is 23.2 Å². The Morgan fingerprint density at radius 1 is 1.08 bits per heavy atom. The first-order valence-electron chi connectivity index (χ1n) is 10.9. The lowest BCUT2D eigenvalue weighted by Gasteiger charge is -2.14. The number of nitrogens with zero attached hydrogens (tertiary/aromatic N) is 5. The van der Waals surface area contributed by atoms with Gasteiger partial charge in [0.1, 0.15) is 11.3 Å². The van der Waals surface area contributed by atoms with Crippen LogP contribution in [0.1, 0.15) is 35.3 Å². The van der Waals surface area contributed by atoms with E-state index in [-0.39, 0.29) is 23.0 Å². The Morgan fingerprint density at radius 2 is 1.78 bits per heavy atom. The van der Waals surface area contributed by atoms with E-state index in [1.807, 2.05) is 6.07 Å². The molecule has 4 rings (SSSR count). The topological polar surface area (TPSA) is 97.6 Å². The monoisotopic (exact) mass is 494 g/mol. The van der Waals surface area contributed by atoms with Gasteiger partial charge in [-0.05, 0) is 62.4 Å². The highest BCUT2D eigenvalue weighted by Gasteiger charge is 2.32.